The van der Waals surface area contributed by atoms with E-state index in [9.17, 15) is 20.1 Å². The van der Waals surface area contributed by atoms with Gasteiger partial charge in [0, 0.05) is 7.11 Å². The molecule has 0 aliphatic heterocycles. The van der Waals surface area contributed by atoms with Gasteiger partial charge in [0.1, 0.15) is 24.9 Å². The standard InChI is InChI=1S/C9H18O8/c1-16-2-3-17-9(15)8(14)7(13)6(12)5(11)4-10/h5-8,10-14H,2-4H2,1H3/t5-,6-,7+,8-/m1/s1. The van der Waals surface area contributed by atoms with Crippen molar-refractivity contribution in [2.24, 2.45) is 0 Å². The lowest BCUT2D eigenvalue weighted by Gasteiger charge is -2.24. The quantitative estimate of drug-likeness (QED) is 0.223. The summed E-state index contributed by atoms with van der Waals surface area (Å²) in [6.45, 7) is -0.808. The van der Waals surface area contributed by atoms with Crippen molar-refractivity contribution in [1.29, 1.82) is 0 Å². The molecular weight excluding hydrogens is 236 g/mol. The average Bonchev–Trinajstić information content (AvgIpc) is 2.35. The Morgan fingerprint density at radius 3 is 2.18 bits per heavy atom. The normalized spacial score (nSPS) is 18.2. The van der Waals surface area contributed by atoms with Crippen LogP contribution in [-0.2, 0) is 14.3 Å². The minimum absolute atomic E-state index is 0.113. The van der Waals surface area contributed by atoms with Gasteiger partial charge in [0.05, 0.1) is 13.2 Å². The highest BCUT2D eigenvalue weighted by atomic mass is 16.6. The van der Waals surface area contributed by atoms with Crippen LogP contribution in [0.25, 0.3) is 0 Å². The van der Waals surface area contributed by atoms with Crippen molar-refractivity contribution in [2.45, 2.75) is 24.4 Å². The molecule has 0 heterocycles. The number of ether oxygens (including phenoxy) is 2. The van der Waals surface area contributed by atoms with E-state index in [1.807, 2.05) is 0 Å². The van der Waals surface area contributed by atoms with Crippen LogP contribution >= 0.6 is 0 Å². The highest BCUT2D eigenvalue weighted by Crippen LogP contribution is 2.06. The van der Waals surface area contributed by atoms with Crippen LogP contribution in [0.4, 0.5) is 0 Å². The molecule has 0 bridgehead atoms. The molecule has 0 spiro atoms. The number of carbonyl (C=O) groups is 1. The van der Waals surface area contributed by atoms with Crippen molar-refractivity contribution in [2.75, 3.05) is 26.9 Å². The lowest BCUT2D eigenvalue weighted by molar-refractivity contribution is -0.171. The number of rotatable bonds is 8. The van der Waals surface area contributed by atoms with Crippen LogP contribution in [0.15, 0.2) is 0 Å². The fourth-order valence-electron chi connectivity index (χ4n) is 0.973. The van der Waals surface area contributed by atoms with Crippen molar-refractivity contribution in [3.8, 4) is 0 Å². The topological polar surface area (TPSA) is 137 Å². The average molecular weight is 254 g/mol. The molecule has 102 valence electrons. The molecule has 0 fully saturated rings. The number of aliphatic hydroxyl groups is 5. The first kappa shape index (κ1) is 16.2. The van der Waals surface area contributed by atoms with Crippen LogP contribution in [-0.4, -0.2) is 82.8 Å². The van der Waals surface area contributed by atoms with E-state index in [-0.39, 0.29) is 13.2 Å². The van der Waals surface area contributed by atoms with Gasteiger partial charge in [-0.2, -0.15) is 0 Å². The maximum Gasteiger partial charge on any atom is 0.337 e. The number of hydrogen-bond donors (Lipinski definition) is 5. The zero-order valence-corrected chi connectivity index (χ0v) is 9.39. The molecule has 0 aromatic rings. The highest BCUT2D eigenvalue weighted by molar-refractivity contribution is 5.75. The number of esters is 1. The second kappa shape index (κ2) is 8.34. The SMILES string of the molecule is COCCOC(=O)[C@H](O)[C@@H](O)[C@H](O)[C@H](O)CO. The lowest BCUT2D eigenvalue weighted by Crippen LogP contribution is -2.49. The maximum absolute atomic E-state index is 11.1. The number of methoxy groups -OCH3 is 1. The number of aliphatic hydroxyl groups excluding tert-OH is 5. The summed E-state index contributed by atoms with van der Waals surface area (Å²) < 4.78 is 9.09. The summed E-state index contributed by atoms with van der Waals surface area (Å²) in [5.74, 6) is -1.15. The Bertz CT molecular complexity index is 221. The number of hydrogen-bond acceptors (Lipinski definition) is 8. The van der Waals surface area contributed by atoms with E-state index >= 15 is 0 Å². The fraction of sp³-hybridized carbons (Fsp3) is 0.889. The smallest absolute Gasteiger partial charge is 0.337 e. The predicted octanol–water partition coefficient (Wildman–Crippen LogP) is -3.39. The maximum atomic E-state index is 11.1. The van der Waals surface area contributed by atoms with E-state index in [2.05, 4.69) is 9.47 Å². The molecule has 0 saturated carbocycles. The molecular formula is C9H18O8. The zero-order valence-electron chi connectivity index (χ0n) is 9.39. The van der Waals surface area contributed by atoms with Crippen molar-refractivity contribution in [3.05, 3.63) is 0 Å². The highest BCUT2D eigenvalue weighted by Gasteiger charge is 2.34. The molecule has 0 aliphatic carbocycles. The molecule has 17 heavy (non-hydrogen) atoms. The Labute approximate surface area is 98.0 Å². The Morgan fingerprint density at radius 2 is 1.71 bits per heavy atom. The first-order valence-corrected chi connectivity index (χ1v) is 4.94. The van der Waals surface area contributed by atoms with Crippen LogP contribution < -0.4 is 0 Å². The Hall–Kier alpha value is -0.770. The van der Waals surface area contributed by atoms with Crippen LogP contribution in [0.5, 0.6) is 0 Å². The lowest BCUT2D eigenvalue weighted by atomic mass is 10.0. The van der Waals surface area contributed by atoms with Crippen LogP contribution in [0, 0.1) is 0 Å². The minimum Gasteiger partial charge on any atom is -0.461 e. The molecule has 0 radical (unpaired) electrons. The third kappa shape index (κ3) is 5.39. The van der Waals surface area contributed by atoms with Gasteiger partial charge in [-0.25, -0.2) is 4.79 Å². The molecule has 0 aromatic heterocycles. The van der Waals surface area contributed by atoms with Gasteiger partial charge in [0.2, 0.25) is 0 Å². The molecule has 8 heteroatoms. The first-order chi connectivity index (χ1) is 7.95. The Kier molecular flexibility index (Phi) is 7.96. The number of carbonyl (C=O) groups excluding carboxylic acids is 1. The van der Waals surface area contributed by atoms with Crippen LogP contribution in [0.1, 0.15) is 0 Å². The molecule has 0 aliphatic rings. The summed E-state index contributed by atoms with van der Waals surface area (Å²) in [6.07, 6.45) is -7.48. The molecule has 4 atom stereocenters. The second-order valence-corrected chi connectivity index (χ2v) is 3.34. The van der Waals surface area contributed by atoms with Crippen molar-refractivity contribution >= 4 is 5.97 Å². The molecule has 8 nitrogen and oxygen atoms in total. The Balaban J connectivity index is 4.18. The van der Waals surface area contributed by atoms with E-state index in [4.69, 9.17) is 10.2 Å². The molecule has 0 amide bonds. The summed E-state index contributed by atoms with van der Waals surface area (Å²) in [4.78, 5) is 11.1. The summed E-state index contributed by atoms with van der Waals surface area (Å²) in [5, 5.41) is 45.3. The second-order valence-electron chi connectivity index (χ2n) is 3.34. The predicted molar refractivity (Wildman–Crippen MR) is 53.9 cm³/mol. The summed E-state index contributed by atoms with van der Waals surface area (Å²) in [5.41, 5.74) is 0. The van der Waals surface area contributed by atoms with E-state index in [0.717, 1.165) is 0 Å². The summed E-state index contributed by atoms with van der Waals surface area (Å²) >= 11 is 0. The summed E-state index contributed by atoms with van der Waals surface area (Å²) in [6, 6.07) is 0. The first-order valence-electron chi connectivity index (χ1n) is 4.94. The van der Waals surface area contributed by atoms with Gasteiger partial charge >= 0.3 is 5.97 Å². The van der Waals surface area contributed by atoms with Gasteiger partial charge in [-0.15, -0.1) is 0 Å². The van der Waals surface area contributed by atoms with Crippen molar-refractivity contribution < 1.29 is 39.8 Å². The third-order valence-electron chi connectivity index (χ3n) is 2.03. The van der Waals surface area contributed by atoms with Crippen LogP contribution in [0.2, 0.25) is 0 Å². The molecule has 0 aromatic carbocycles. The van der Waals surface area contributed by atoms with E-state index in [1.165, 1.54) is 7.11 Å². The third-order valence-corrected chi connectivity index (χ3v) is 2.03. The van der Waals surface area contributed by atoms with E-state index < -0.39 is 37.0 Å². The monoisotopic (exact) mass is 254 g/mol. The molecule has 5 N–H and O–H groups in total. The molecule has 0 unspecified atom stereocenters. The van der Waals surface area contributed by atoms with Crippen molar-refractivity contribution in [3.63, 3.8) is 0 Å². The molecule has 0 rings (SSSR count). The van der Waals surface area contributed by atoms with Crippen LogP contribution in [0.3, 0.4) is 0 Å². The van der Waals surface area contributed by atoms with E-state index in [1.54, 1.807) is 0 Å². The van der Waals surface area contributed by atoms with E-state index in [0.29, 0.717) is 0 Å². The van der Waals surface area contributed by atoms with Crippen molar-refractivity contribution in [1.82, 2.24) is 0 Å². The Morgan fingerprint density at radius 1 is 1.12 bits per heavy atom. The zero-order chi connectivity index (χ0) is 13.4. The summed E-state index contributed by atoms with van der Waals surface area (Å²) in [7, 11) is 1.39. The van der Waals surface area contributed by atoms with Gasteiger partial charge in [-0.1, -0.05) is 0 Å². The fourth-order valence-corrected chi connectivity index (χ4v) is 0.973. The van der Waals surface area contributed by atoms with Gasteiger partial charge in [-0.05, 0) is 0 Å². The van der Waals surface area contributed by atoms with Gasteiger partial charge < -0.3 is 35.0 Å². The molecule has 0 saturated heterocycles. The largest absolute Gasteiger partial charge is 0.461 e. The van der Waals surface area contributed by atoms with Gasteiger partial charge in [0.15, 0.2) is 6.10 Å². The van der Waals surface area contributed by atoms with Gasteiger partial charge in [-0.3, -0.25) is 0 Å². The van der Waals surface area contributed by atoms with Gasteiger partial charge in [0.25, 0.3) is 0 Å². The minimum atomic E-state index is -2.01.